The van der Waals surface area contributed by atoms with E-state index in [1.807, 2.05) is 12.3 Å². The van der Waals surface area contributed by atoms with Crippen LogP contribution in [0.2, 0.25) is 0 Å². The Morgan fingerprint density at radius 1 is 1.50 bits per heavy atom. The molecule has 2 heterocycles. The number of nitrogens with one attached hydrogen (secondary N) is 1. The monoisotopic (exact) mass is 264 g/mol. The van der Waals surface area contributed by atoms with Gasteiger partial charge in [-0.3, -0.25) is 0 Å². The van der Waals surface area contributed by atoms with Gasteiger partial charge in [-0.1, -0.05) is 6.92 Å². The van der Waals surface area contributed by atoms with Gasteiger partial charge in [-0.25, -0.2) is 4.98 Å². The second kappa shape index (κ2) is 5.54. The normalized spacial score (nSPS) is 12.1. The molecule has 6 nitrogen and oxygen atoms in total. The van der Waals surface area contributed by atoms with E-state index in [4.69, 9.17) is 0 Å². The Labute approximate surface area is 108 Å². The van der Waals surface area contributed by atoms with Crippen molar-refractivity contribution in [2.75, 3.05) is 5.32 Å². The van der Waals surface area contributed by atoms with Crippen LogP contribution >= 0.6 is 11.3 Å². The smallest absolute Gasteiger partial charge is 0.369 e. The molecular formula is C11H12N4O2S. The standard InChI is InChI=1S/C11H12N4O2S/c1-2-8(11-13-6-7-18-11)14-9-4-3-5-12-10(9)15(16)17/h3-8,14H,2H2,1H3. The highest BCUT2D eigenvalue weighted by Crippen LogP contribution is 2.28. The molecule has 0 aliphatic rings. The fraction of sp³-hybridized carbons (Fsp3) is 0.273. The fourth-order valence-electron chi connectivity index (χ4n) is 1.59. The lowest BCUT2D eigenvalue weighted by Gasteiger charge is -2.15. The van der Waals surface area contributed by atoms with Crippen LogP contribution < -0.4 is 5.32 Å². The third kappa shape index (κ3) is 2.62. The fourth-order valence-corrected chi connectivity index (χ4v) is 2.36. The molecule has 0 aliphatic carbocycles. The molecular weight excluding hydrogens is 252 g/mol. The number of pyridine rings is 1. The molecule has 0 bridgehead atoms. The van der Waals surface area contributed by atoms with Crippen molar-refractivity contribution in [3.8, 4) is 0 Å². The van der Waals surface area contributed by atoms with Gasteiger partial charge in [0, 0.05) is 11.6 Å². The predicted molar refractivity (Wildman–Crippen MR) is 69.7 cm³/mol. The number of nitrogens with zero attached hydrogens (tertiary/aromatic N) is 3. The summed E-state index contributed by atoms with van der Waals surface area (Å²) >= 11 is 1.53. The summed E-state index contributed by atoms with van der Waals surface area (Å²) in [5, 5.41) is 16.8. The highest BCUT2D eigenvalue weighted by atomic mass is 32.1. The van der Waals surface area contributed by atoms with Crippen molar-refractivity contribution in [3.63, 3.8) is 0 Å². The Morgan fingerprint density at radius 3 is 2.94 bits per heavy atom. The van der Waals surface area contributed by atoms with Crippen LogP contribution in [0, 0.1) is 10.1 Å². The molecule has 0 radical (unpaired) electrons. The first-order valence-corrected chi connectivity index (χ1v) is 6.35. The third-order valence-electron chi connectivity index (χ3n) is 2.45. The zero-order valence-electron chi connectivity index (χ0n) is 9.74. The van der Waals surface area contributed by atoms with E-state index in [1.54, 1.807) is 18.3 Å². The number of aromatic nitrogens is 2. The van der Waals surface area contributed by atoms with E-state index < -0.39 is 4.92 Å². The third-order valence-corrected chi connectivity index (χ3v) is 3.34. The van der Waals surface area contributed by atoms with Crippen LogP contribution in [-0.2, 0) is 0 Å². The first-order chi connectivity index (χ1) is 8.72. The molecule has 0 fully saturated rings. The zero-order chi connectivity index (χ0) is 13.0. The Bertz CT molecular complexity index is 530. The van der Waals surface area contributed by atoms with E-state index >= 15 is 0 Å². The summed E-state index contributed by atoms with van der Waals surface area (Å²) in [7, 11) is 0. The van der Waals surface area contributed by atoms with Crippen LogP contribution in [0.1, 0.15) is 24.4 Å². The van der Waals surface area contributed by atoms with Gasteiger partial charge < -0.3 is 15.4 Å². The van der Waals surface area contributed by atoms with Crippen LogP contribution in [0.5, 0.6) is 0 Å². The van der Waals surface area contributed by atoms with E-state index in [-0.39, 0.29) is 11.9 Å². The molecule has 0 saturated carbocycles. The largest absolute Gasteiger partial charge is 0.386 e. The van der Waals surface area contributed by atoms with Crippen molar-refractivity contribution in [2.24, 2.45) is 0 Å². The predicted octanol–water partition coefficient (Wildman–Crippen LogP) is 3.01. The molecule has 2 aromatic heterocycles. The van der Waals surface area contributed by atoms with E-state index in [0.29, 0.717) is 5.69 Å². The van der Waals surface area contributed by atoms with Gasteiger partial charge in [-0.2, -0.15) is 0 Å². The topological polar surface area (TPSA) is 81.0 Å². The van der Waals surface area contributed by atoms with Crippen molar-refractivity contribution in [1.82, 2.24) is 9.97 Å². The molecule has 0 spiro atoms. The SMILES string of the molecule is CCC(Nc1cccnc1[N+](=O)[O-])c1nccs1. The van der Waals surface area contributed by atoms with E-state index in [1.165, 1.54) is 17.5 Å². The number of anilines is 1. The Balaban J connectivity index is 2.25. The summed E-state index contributed by atoms with van der Waals surface area (Å²) in [4.78, 5) is 18.4. The summed E-state index contributed by atoms with van der Waals surface area (Å²) in [6.07, 6.45) is 3.93. The minimum absolute atomic E-state index is 0.0344. The van der Waals surface area contributed by atoms with Crippen molar-refractivity contribution in [1.29, 1.82) is 0 Å². The van der Waals surface area contributed by atoms with Gasteiger partial charge in [-0.05, 0) is 28.5 Å². The van der Waals surface area contributed by atoms with Gasteiger partial charge in [-0.15, -0.1) is 11.3 Å². The molecule has 0 aromatic carbocycles. The lowest BCUT2D eigenvalue weighted by molar-refractivity contribution is -0.388. The lowest BCUT2D eigenvalue weighted by Crippen LogP contribution is -2.11. The highest BCUT2D eigenvalue weighted by Gasteiger charge is 2.19. The molecule has 2 rings (SSSR count). The zero-order valence-corrected chi connectivity index (χ0v) is 10.6. The van der Waals surface area contributed by atoms with Gasteiger partial charge in [0.25, 0.3) is 0 Å². The number of nitro groups is 1. The Hall–Kier alpha value is -2.02. The molecule has 1 unspecified atom stereocenters. The lowest BCUT2D eigenvalue weighted by atomic mass is 10.2. The van der Waals surface area contributed by atoms with Crippen LogP contribution in [-0.4, -0.2) is 14.9 Å². The molecule has 1 atom stereocenters. The molecule has 18 heavy (non-hydrogen) atoms. The van der Waals surface area contributed by atoms with Crippen LogP contribution in [0.4, 0.5) is 11.5 Å². The highest BCUT2D eigenvalue weighted by molar-refractivity contribution is 7.09. The van der Waals surface area contributed by atoms with Crippen LogP contribution in [0.3, 0.4) is 0 Å². The Morgan fingerprint density at radius 2 is 2.33 bits per heavy atom. The van der Waals surface area contributed by atoms with Crippen molar-refractivity contribution < 1.29 is 4.92 Å². The van der Waals surface area contributed by atoms with Gasteiger partial charge in [0.2, 0.25) is 0 Å². The quantitative estimate of drug-likeness (QED) is 0.663. The van der Waals surface area contributed by atoms with Gasteiger partial charge >= 0.3 is 5.82 Å². The van der Waals surface area contributed by atoms with Crippen LogP contribution in [0.15, 0.2) is 29.9 Å². The molecule has 0 saturated heterocycles. The Kier molecular flexibility index (Phi) is 3.83. The maximum Gasteiger partial charge on any atom is 0.386 e. The minimum atomic E-state index is -0.489. The molecule has 7 heteroatoms. The molecule has 0 aliphatic heterocycles. The van der Waals surface area contributed by atoms with Crippen molar-refractivity contribution in [3.05, 3.63) is 45.0 Å². The summed E-state index contributed by atoms with van der Waals surface area (Å²) in [5.74, 6) is -0.160. The van der Waals surface area contributed by atoms with E-state index in [0.717, 1.165) is 11.4 Å². The summed E-state index contributed by atoms with van der Waals surface area (Å²) in [6.45, 7) is 2.00. The molecule has 1 N–H and O–H groups in total. The molecule has 94 valence electrons. The average Bonchev–Trinajstić information content (AvgIpc) is 2.90. The number of thiazole rings is 1. The number of hydrogen-bond acceptors (Lipinski definition) is 6. The first-order valence-electron chi connectivity index (χ1n) is 5.47. The van der Waals surface area contributed by atoms with Gasteiger partial charge in [0.05, 0.1) is 6.04 Å². The van der Waals surface area contributed by atoms with Crippen molar-refractivity contribution >= 4 is 22.8 Å². The van der Waals surface area contributed by atoms with E-state index in [9.17, 15) is 10.1 Å². The maximum atomic E-state index is 10.9. The molecule has 2 aromatic rings. The number of hydrogen-bond donors (Lipinski definition) is 1. The first kappa shape index (κ1) is 12.4. The minimum Gasteiger partial charge on any atom is -0.369 e. The summed E-state index contributed by atoms with van der Waals surface area (Å²) in [6, 6.07) is 3.29. The van der Waals surface area contributed by atoms with E-state index in [2.05, 4.69) is 15.3 Å². The number of rotatable bonds is 5. The second-order valence-electron chi connectivity index (χ2n) is 3.61. The van der Waals surface area contributed by atoms with Gasteiger partial charge in [0.15, 0.2) is 0 Å². The van der Waals surface area contributed by atoms with Gasteiger partial charge in [0.1, 0.15) is 16.9 Å². The summed E-state index contributed by atoms with van der Waals surface area (Å²) < 4.78 is 0. The van der Waals surface area contributed by atoms with Crippen LogP contribution in [0.25, 0.3) is 0 Å². The molecule has 0 amide bonds. The average molecular weight is 264 g/mol. The summed E-state index contributed by atoms with van der Waals surface area (Å²) in [5.41, 5.74) is 0.421. The van der Waals surface area contributed by atoms with Crippen molar-refractivity contribution in [2.45, 2.75) is 19.4 Å². The maximum absolute atomic E-state index is 10.9. The second-order valence-corrected chi connectivity index (χ2v) is 4.53.